The lowest BCUT2D eigenvalue weighted by Gasteiger charge is -2.38. The number of morpholine rings is 1. The molecule has 1 aliphatic rings. The first kappa shape index (κ1) is 18.3. The Balaban J connectivity index is 1.89. The number of aliphatic hydroxyl groups excluding tert-OH is 1. The summed E-state index contributed by atoms with van der Waals surface area (Å²) in [6.45, 7) is 8.48. The smallest absolute Gasteiger partial charge is 0.181 e. The molecule has 6 nitrogen and oxygen atoms in total. The molecule has 1 fully saturated rings. The minimum Gasteiger partial charge on any atom is -0.394 e. The van der Waals surface area contributed by atoms with Crippen molar-refractivity contribution in [1.29, 1.82) is 0 Å². The fourth-order valence-electron chi connectivity index (χ4n) is 3.34. The Labute approximate surface area is 153 Å². The summed E-state index contributed by atoms with van der Waals surface area (Å²) >= 11 is 5.97. The van der Waals surface area contributed by atoms with Gasteiger partial charge in [-0.05, 0) is 45.0 Å². The molecule has 3 rings (SSSR count). The number of halogens is 1. The predicted octanol–water partition coefficient (Wildman–Crippen LogP) is 2.76. The molecule has 0 spiro atoms. The van der Waals surface area contributed by atoms with E-state index < -0.39 is 0 Å². The van der Waals surface area contributed by atoms with Crippen LogP contribution in [0.25, 0.3) is 11.4 Å². The SMILES string of the molecule is CC(c1nc(-c2ccc(Cl)cc2)nn1CCO)N1C[C@@H](C)O[C@@H](C)C1. The molecule has 3 atom stereocenters. The summed E-state index contributed by atoms with van der Waals surface area (Å²) < 4.78 is 7.63. The largest absolute Gasteiger partial charge is 0.394 e. The van der Waals surface area contributed by atoms with Crippen LogP contribution in [0.5, 0.6) is 0 Å². The van der Waals surface area contributed by atoms with Crippen LogP contribution in [-0.2, 0) is 11.3 Å². The van der Waals surface area contributed by atoms with E-state index in [0.29, 0.717) is 17.4 Å². The second-order valence-corrected chi connectivity index (χ2v) is 7.07. The summed E-state index contributed by atoms with van der Waals surface area (Å²) in [5.74, 6) is 1.52. The van der Waals surface area contributed by atoms with Crippen molar-refractivity contribution in [3.8, 4) is 11.4 Å². The molecule has 1 aliphatic heterocycles. The maximum atomic E-state index is 9.40. The Kier molecular flexibility index (Phi) is 5.74. The van der Waals surface area contributed by atoms with Gasteiger partial charge in [0.2, 0.25) is 0 Å². The molecule has 7 heteroatoms. The number of benzene rings is 1. The van der Waals surface area contributed by atoms with Gasteiger partial charge in [0.05, 0.1) is 31.4 Å². The summed E-state index contributed by atoms with van der Waals surface area (Å²) in [5.41, 5.74) is 0.915. The van der Waals surface area contributed by atoms with Crippen molar-refractivity contribution in [2.45, 2.75) is 45.6 Å². The number of rotatable bonds is 5. The molecule has 25 heavy (non-hydrogen) atoms. The first-order valence-corrected chi connectivity index (χ1v) is 9.06. The van der Waals surface area contributed by atoms with Gasteiger partial charge in [0.1, 0.15) is 5.82 Å². The van der Waals surface area contributed by atoms with Gasteiger partial charge >= 0.3 is 0 Å². The number of hydrogen-bond acceptors (Lipinski definition) is 5. The van der Waals surface area contributed by atoms with Crippen LogP contribution in [0.1, 0.15) is 32.6 Å². The summed E-state index contributed by atoms with van der Waals surface area (Å²) in [7, 11) is 0. The molecular formula is C18H25ClN4O2. The highest BCUT2D eigenvalue weighted by Gasteiger charge is 2.29. The lowest BCUT2D eigenvalue weighted by atomic mass is 10.1. The van der Waals surface area contributed by atoms with Gasteiger partial charge in [-0.15, -0.1) is 0 Å². The molecule has 2 aromatic rings. The molecule has 1 unspecified atom stereocenters. The number of aliphatic hydroxyl groups is 1. The zero-order chi connectivity index (χ0) is 18.0. The van der Waals surface area contributed by atoms with Gasteiger partial charge in [-0.1, -0.05) is 11.6 Å². The van der Waals surface area contributed by atoms with Gasteiger partial charge in [-0.25, -0.2) is 9.67 Å². The monoisotopic (exact) mass is 364 g/mol. The highest BCUT2D eigenvalue weighted by Crippen LogP contribution is 2.26. The number of hydrogen-bond donors (Lipinski definition) is 1. The Morgan fingerprint density at radius 1 is 1.24 bits per heavy atom. The maximum Gasteiger partial charge on any atom is 0.181 e. The van der Waals surface area contributed by atoms with E-state index in [1.807, 2.05) is 24.3 Å². The molecule has 1 N–H and O–H groups in total. The Morgan fingerprint density at radius 2 is 1.88 bits per heavy atom. The van der Waals surface area contributed by atoms with E-state index in [4.69, 9.17) is 21.3 Å². The van der Waals surface area contributed by atoms with Crippen molar-refractivity contribution < 1.29 is 9.84 Å². The van der Waals surface area contributed by atoms with Gasteiger partial charge in [0.25, 0.3) is 0 Å². The third-order valence-electron chi connectivity index (χ3n) is 4.48. The van der Waals surface area contributed by atoms with Crippen LogP contribution in [-0.4, -0.2) is 56.7 Å². The highest BCUT2D eigenvalue weighted by atomic mass is 35.5. The average Bonchev–Trinajstić information content (AvgIpc) is 2.98. The molecule has 136 valence electrons. The van der Waals surface area contributed by atoms with E-state index in [2.05, 4.69) is 30.8 Å². The van der Waals surface area contributed by atoms with Crippen LogP contribution >= 0.6 is 11.6 Å². The van der Waals surface area contributed by atoms with Gasteiger partial charge in [-0.3, -0.25) is 4.90 Å². The zero-order valence-electron chi connectivity index (χ0n) is 14.9. The first-order valence-electron chi connectivity index (χ1n) is 8.69. The summed E-state index contributed by atoms with van der Waals surface area (Å²) in [5, 5.41) is 14.7. The van der Waals surface area contributed by atoms with E-state index in [0.717, 1.165) is 24.5 Å². The minimum absolute atomic E-state index is 0.0268. The first-order chi connectivity index (χ1) is 12.0. The van der Waals surface area contributed by atoms with E-state index in [9.17, 15) is 5.11 Å². The molecule has 0 saturated carbocycles. The zero-order valence-corrected chi connectivity index (χ0v) is 15.6. The van der Waals surface area contributed by atoms with E-state index >= 15 is 0 Å². The van der Waals surface area contributed by atoms with Crippen LogP contribution in [0.4, 0.5) is 0 Å². The van der Waals surface area contributed by atoms with Gasteiger partial charge < -0.3 is 9.84 Å². The van der Waals surface area contributed by atoms with E-state index in [1.54, 1.807) is 4.68 Å². The fraction of sp³-hybridized carbons (Fsp3) is 0.556. The molecule has 1 aromatic carbocycles. The van der Waals surface area contributed by atoms with Crippen molar-refractivity contribution in [2.24, 2.45) is 0 Å². The van der Waals surface area contributed by atoms with E-state index in [1.165, 1.54) is 0 Å². The van der Waals surface area contributed by atoms with E-state index in [-0.39, 0.29) is 24.9 Å². The number of ether oxygens (including phenoxy) is 1. The lowest BCUT2D eigenvalue weighted by Crippen LogP contribution is -2.46. The Bertz CT molecular complexity index is 694. The quantitative estimate of drug-likeness (QED) is 0.883. The van der Waals surface area contributed by atoms with Crippen molar-refractivity contribution in [2.75, 3.05) is 19.7 Å². The van der Waals surface area contributed by atoms with Crippen molar-refractivity contribution in [3.05, 3.63) is 35.1 Å². The summed E-state index contributed by atoms with van der Waals surface area (Å²) in [4.78, 5) is 7.13. The van der Waals surface area contributed by atoms with Gasteiger partial charge in [0, 0.05) is 23.7 Å². The second-order valence-electron chi connectivity index (χ2n) is 6.63. The minimum atomic E-state index is 0.0268. The fourth-order valence-corrected chi connectivity index (χ4v) is 3.47. The predicted molar refractivity (Wildman–Crippen MR) is 97.6 cm³/mol. The standard InChI is InChI=1S/C18H25ClN4O2/c1-12-10-22(11-13(2)25-12)14(3)18-20-17(21-23(18)8-9-24)15-4-6-16(19)7-5-15/h4-7,12-14,24H,8-11H2,1-3H3/t12-,13+,14?. The van der Waals surface area contributed by atoms with Crippen molar-refractivity contribution in [1.82, 2.24) is 19.7 Å². The van der Waals surface area contributed by atoms with Gasteiger partial charge in [-0.2, -0.15) is 5.10 Å². The highest BCUT2D eigenvalue weighted by molar-refractivity contribution is 6.30. The number of nitrogens with zero attached hydrogens (tertiary/aromatic N) is 4. The van der Waals surface area contributed by atoms with Crippen molar-refractivity contribution >= 4 is 11.6 Å². The lowest BCUT2D eigenvalue weighted by molar-refractivity contribution is -0.0802. The summed E-state index contributed by atoms with van der Waals surface area (Å²) in [6, 6.07) is 7.58. The molecule has 1 aromatic heterocycles. The van der Waals surface area contributed by atoms with Crippen LogP contribution in [0, 0.1) is 0 Å². The molecular weight excluding hydrogens is 340 g/mol. The third-order valence-corrected chi connectivity index (χ3v) is 4.74. The number of aromatic nitrogens is 3. The topological polar surface area (TPSA) is 63.4 Å². The van der Waals surface area contributed by atoms with Crippen LogP contribution < -0.4 is 0 Å². The second kappa shape index (κ2) is 7.83. The van der Waals surface area contributed by atoms with Crippen molar-refractivity contribution in [3.63, 3.8) is 0 Å². The van der Waals surface area contributed by atoms with Gasteiger partial charge in [0.15, 0.2) is 5.82 Å². The molecule has 0 aliphatic carbocycles. The Hall–Kier alpha value is -1.47. The normalized spacial score (nSPS) is 22.9. The molecule has 0 radical (unpaired) electrons. The molecule has 0 bridgehead atoms. The molecule has 2 heterocycles. The molecule has 1 saturated heterocycles. The maximum absolute atomic E-state index is 9.40. The Morgan fingerprint density at radius 3 is 2.48 bits per heavy atom. The molecule has 0 amide bonds. The summed E-state index contributed by atoms with van der Waals surface area (Å²) in [6.07, 6.45) is 0.382. The average molecular weight is 365 g/mol. The van der Waals surface area contributed by atoms with Crippen LogP contribution in [0.15, 0.2) is 24.3 Å². The third kappa shape index (κ3) is 4.20. The van der Waals surface area contributed by atoms with Crippen LogP contribution in [0.3, 0.4) is 0 Å². The van der Waals surface area contributed by atoms with Crippen LogP contribution in [0.2, 0.25) is 5.02 Å².